The van der Waals surface area contributed by atoms with Crippen molar-refractivity contribution >= 4 is 31.4 Å². The molecule has 0 fully saturated rings. The molecule has 138 valence electrons. The van der Waals surface area contributed by atoms with E-state index in [1.165, 1.54) is 67.7 Å². The Labute approximate surface area is 162 Å². The molecule has 0 aliphatic heterocycles. The number of benzene rings is 2. The van der Waals surface area contributed by atoms with E-state index in [4.69, 9.17) is 0 Å². The van der Waals surface area contributed by atoms with Crippen molar-refractivity contribution in [2.24, 2.45) is 0 Å². The van der Waals surface area contributed by atoms with Gasteiger partial charge in [-0.3, -0.25) is 0 Å². The first-order valence-corrected chi connectivity index (χ1v) is 15.5. The van der Waals surface area contributed by atoms with Gasteiger partial charge in [-0.05, 0) is 0 Å². The van der Waals surface area contributed by atoms with Crippen molar-refractivity contribution in [3.8, 4) is 0 Å². The molecule has 0 radical (unpaired) electrons. The quantitative estimate of drug-likeness (QED) is 0.272. The fourth-order valence-corrected chi connectivity index (χ4v) is 7.75. The molecule has 2 rings (SSSR count). The fourth-order valence-electron chi connectivity index (χ4n) is 3.57. The molecule has 0 spiro atoms. The molecule has 0 saturated carbocycles. The van der Waals surface area contributed by atoms with E-state index >= 15 is 0 Å². The Bertz CT molecular complexity index is 590. The van der Waals surface area contributed by atoms with Gasteiger partial charge in [0, 0.05) is 0 Å². The SMILES string of the molecule is CCCCCCCCC[CH2][SbH+]([O-])[CH2]CCc1cccc2ccccc12. The molecule has 0 heterocycles. The Morgan fingerprint density at radius 3 is 2.16 bits per heavy atom. The van der Waals surface area contributed by atoms with Crippen LogP contribution in [0, 0.1) is 0 Å². The van der Waals surface area contributed by atoms with E-state index in [-0.39, 0.29) is 0 Å². The summed E-state index contributed by atoms with van der Waals surface area (Å²) >= 11 is -2.29. The van der Waals surface area contributed by atoms with Crippen LogP contribution in [-0.4, -0.2) is 20.6 Å². The Kier molecular flexibility index (Phi) is 10.6. The van der Waals surface area contributed by atoms with Gasteiger partial charge in [0.25, 0.3) is 0 Å². The summed E-state index contributed by atoms with van der Waals surface area (Å²) < 4.78 is 14.4. The molecule has 0 aromatic heterocycles. The van der Waals surface area contributed by atoms with Gasteiger partial charge < -0.3 is 0 Å². The van der Waals surface area contributed by atoms with Gasteiger partial charge in [0.05, 0.1) is 0 Å². The van der Waals surface area contributed by atoms with E-state index in [2.05, 4.69) is 49.4 Å². The summed E-state index contributed by atoms with van der Waals surface area (Å²) in [5, 5.41) is 2.68. The van der Waals surface area contributed by atoms with E-state index < -0.39 is 20.6 Å². The molecular weight excluding hydrogens is 414 g/mol. The molecule has 0 bridgehead atoms. The van der Waals surface area contributed by atoms with Gasteiger partial charge in [-0.25, -0.2) is 0 Å². The van der Waals surface area contributed by atoms with Gasteiger partial charge in [0.15, 0.2) is 0 Å². The first kappa shape index (κ1) is 20.8. The Morgan fingerprint density at radius 1 is 0.720 bits per heavy atom. The van der Waals surface area contributed by atoms with Crippen LogP contribution in [0.25, 0.3) is 10.8 Å². The van der Waals surface area contributed by atoms with Gasteiger partial charge >= 0.3 is 163 Å². The first-order valence-electron chi connectivity index (χ1n) is 10.3. The molecule has 0 amide bonds. The Morgan fingerprint density at radius 2 is 1.36 bits per heavy atom. The molecule has 0 saturated heterocycles. The molecule has 1 unspecified atom stereocenters. The van der Waals surface area contributed by atoms with Crippen LogP contribution in [-0.2, 0) is 6.42 Å². The summed E-state index contributed by atoms with van der Waals surface area (Å²) in [6, 6.07) is 15.2. The van der Waals surface area contributed by atoms with E-state index in [1.54, 1.807) is 0 Å². The van der Waals surface area contributed by atoms with Crippen LogP contribution >= 0.6 is 0 Å². The minimum atomic E-state index is -2.29. The first-order chi connectivity index (χ1) is 12.3. The van der Waals surface area contributed by atoms with E-state index in [0.29, 0.717) is 0 Å². The number of hydrogen-bond donors (Lipinski definition) is 0. The van der Waals surface area contributed by atoms with Crippen molar-refractivity contribution in [1.29, 1.82) is 0 Å². The summed E-state index contributed by atoms with van der Waals surface area (Å²) in [6.07, 6.45) is 12.9. The third-order valence-corrected chi connectivity index (χ3v) is 10.3. The fraction of sp³-hybridized carbons (Fsp3) is 0.565. The molecule has 0 aliphatic carbocycles. The monoisotopic (exact) mass is 448 g/mol. The van der Waals surface area contributed by atoms with Crippen LogP contribution in [0.3, 0.4) is 0 Å². The minimum absolute atomic E-state index is 1.02. The standard InChI is InChI=1S/C13H13.C10H21.O.Sb.H/c1-2-6-11-8-5-9-12-7-3-4-10-13(11)12;1-3-5-7-9-10-8-6-4-2;;;/h3-5,7-10H,1-2,6H2;1,3-10H2,2H3;;;/q;;-1;+1;. The molecule has 0 N–H and O–H groups in total. The van der Waals surface area contributed by atoms with Gasteiger partial charge in [0.2, 0.25) is 0 Å². The van der Waals surface area contributed by atoms with Crippen molar-refractivity contribution in [1.82, 2.24) is 0 Å². The summed E-state index contributed by atoms with van der Waals surface area (Å²) in [5.74, 6) is 0. The number of unbranched alkanes of at least 4 members (excludes halogenated alkanes) is 7. The average Bonchev–Trinajstić information content (AvgIpc) is 2.64. The van der Waals surface area contributed by atoms with Crippen molar-refractivity contribution in [2.45, 2.75) is 79.9 Å². The molecule has 25 heavy (non-hydrogen) atoms. The maximum atomic E-state index is 12.4. The van der Waals surface area contributed by atoms with Crippen LogP contribution in [0.1, 0.15) is 70.3 Å². The van der Waals surface area contributed by atoms with Crippen LogP contribution in [0.5, 0.6) is 0 Å². The van der Waals surface area contributed by atoms with Crippen LogP contribution in [0.2, 0.25) is 8.73 Å². The number of aryl methyl sites for hydroxylation is 1. The molecule has 0 aliphatic rings. The van der Waals surface area contributed by atoms with Gasteiger partial charge in [-0.15, -0.1) is 0 Å². The van der Waals surface area contributed by atoms with E-state index in [0.717, 1.165) is 21.6 Å². The predicted molar refractivity (Wildman–Crippen MR) is 112 cm³/mol. The third-order valence-electron chi connectivity index (χ3n) is 5.09. The van der Waals surface area contributed by atoms with Crippen molar-refractivity contribution in [3.63, 3.8) is 0 Å². The molecule has 2 aromatic rings. The molecule has 1 atom stereocenters. The van der Waals surface area contributed by atoms with Gasteiger partial charge in [-0.2, -0.15) is 0 Å². The number of rotatable bonds is 13. The Hall–Kier alpha value is -0.522. The zero-order valence-corrected chi connectivity index (χ0v) is 18.8. The normalized spacial score (nSPS) is 12.6. The number of fused-ring (bicyclic) bond motifs is 1. The van der Waals surface area contributed by atoms with Crippen LogP contribution in [0.4, 0.5) is 0 Å². The van der Waals surface area contributed by atoms with E-state index in [9.17, 15) is 3.39 Å². The summed E-state index contributed by atoms with van der Waals surface area (Å²) in [5.41, 5.74) is 1.42. The van der Waals surface area contributed by atoms with E-state index in [1.807, 2.05) is 0 Å². The average molecular weight is 449 g/mol. The zero-order chi connectivity index (χ0) is 17.7. The maximum absolute atomic E-state index is 12.4. The second-order valence-electron chi connectivity index (χ2n) is 7.26. The van der Waals surface area contributed by atoms with Crippen molar-refractivity contribution in [3.05, 3.63) is 48.0 Å². The predicted octanol–water partition coefficient (Wildman–Crippen LogP) is 6.00. The Balaban J connectivity index is 1.57. The van der Waals surface area contributed by atoms with Crippen molar-refractivity contribution < 1.29 is 3.39 Å². The zero-order valence-electron chi connectivity index (χ0n) is 15.9. The summed E-state index contributed by atoms with van der Waals surface area (Å²) in [4.78, 5) is 0. The van der Waals surface area contributed by atoms with Gasteiger partial charge in [-0.1, -0.05) is 0 Å². The van der Waals surface area contributed by atoms with Crippen molar-refractivity contribution in [2.75, 3.05) is 0 Å². The molecule has 2 aromatic carbocycles. The van der Waals surface area contributed by atoms with Crippen LogP contribution in [0.15, 0.2) is 42.5 Å². The third kappa shape index (κ3) is 8.14. The molecule has 2 heteroatoms. The summed E-state index contributed by atoms with van der Waals surface area (Å²) in [6.45, 7) is 2.27. The topological polar surface area (TPSA) is 23.1 Å². The second-order valence-corrected chi connectivity index (χ2v) is 13.2. The number of hydrogen-bond acceptors (Lipinski definition) is 1. The second kappa shape index (κ2) is 12.8. The molecule has 1 nitrogen and oxygen atoms in total. The van der Waals surface area contributed by atoms with Gasteiger partial charge in [0.1, 0.15) is 0 Å². The van der Waals surface area contributed by atoms with Crippen LogP contribution < -0.4 is 3.39 Å². The summed E-state index contributed by atoms with van der Waals surface area (Å²) in [7, 11) is 0. The molecular formula is C23H35OSb.